The Bertz CT molecular complexity index is 850. The Hall–Kier alpha value is -1.82. The lowest BCUT2D eigenvalue weighted by molar-refractivity contribution is -0.120. The van der Waals surface area contributed by atoms with Crippen molar-refractivity contribution in [3.8, 4) is 0 Å². The van der Waals surface area contributed by atoms with Crippen LogP contribution in [0.4, 0.5) is 0 Å². The molecule has 0 spiro atoms. The van der Waals surface area contributed by atoms with Crippen molar-refractivity contribution >= 4 is 40.6 Å². The third-order valence-electron chi connectivity index (χ3n) is 3.96. The summed E-state index contributed by atoms with van der Waals surface area (Å²) in [6.45, 7) is 0.691. The Morgan fingerprint density at radius 1 is 1.07 bits per heavy atom. The quantitative estimate of drug-likeness (QED) is 0.376. The number of halogens is 1. The second-order valence-electron chi connectivity index (χ2n) is 6.14. The number of carbonyl (C=O) groups is 1. The average molecular weight is 417 g/mol. The molecule has 0 radical (unpaired) electrons. The van der Waals surface area contributed by atoms with Gasteiger partial charge in [0.05, 0.1) is 12.1 Å². The van der Waals surface area contributed by atoms with Crippen molar-refractivity contribution in [1.29, 1.82) is 0 Å². The molecule has 27 heavy (non-hydrogen) atoms. The standard InChI is InChI=1S/C21H21ClN2OS2/c22-18-10-8-17(9-11-18)14-26-21-24-19(15-27-21)13-20(25)23-12-4-7-16-5-2-1-3-6-16/h1-3,5-6,8-11,15H,4,7,12-14H2,(H,23,25). The van der Waals surface area contributed by atoms with Crippen molar-refractivity contribution in [3.63, 3.8) is 0 Å². The summed E-state index contributed by atoms with van der Waals surface area (Å²) in [5, 5.41) is 5.69. The van der Waals surface area contributed by atoms with Gasteiger partial charge in [0.25, 0.3) is 0 Å². The summed E-state index contributed by atoms with van der Waals surface area (Å²) in [4.78, 5) is 16.6. The number of carbonyl (C=O) groups excluding carboxylic acids is 1. The molecule has 0 saturated carbocycles. The van der Waals surface area contributed by atoms with Gasteiger partial charge in [-0.2, -0.15) is 0 Å². The zero-order valence-corrected chi connectivity index (χ0v) is 17.2. The minimum Gasteiger partial charge on any atom is -0.356 e. The van der Waals surface area contributed by atoms with E-state index in [1.807, 2.05) is 47.8 Å². The number of hydrogen-bond acceptors (Lipinski definition) is 4. The summed E-state index contributed by atoms with van der Waals surface area (Å²) in [6, 6.07) is 18.2. The van der Waals surface area contributed by atoms with Crippen LogP contribution in [0.5, 0.6) is 0 Å². The third kappa shape index (κ3) is 7.01. The molecule has 0 saturated heterocycles. The largest absolute Gasteiger partial charge is 0.356 e. The van der Waals surface area contributed by atoms with E-state index < -0.39 is 0 Å². The lowest BCUT2D eigenvalue weighted by atomic mass is 10.1. The maximum absolute atomic E-state index is 12.1. The lowest BCUT2D eigenvalue weighted by Crippen LogP contribution is -2.26. The first-order chi connectivity index (χ1) is 13.2. The van der Waals surface area contributed by atoms with Crippen molar-refractivity contribution < 1.29 is 4.79 Å². The highest BCUT2D eigenvalue weighted by Crippen LogP contribution is 2.26. The lowest BCUT2D eigenvalue weighted by Gasteiger charge is -2.04. The number of aromatic nitrogens is 1. The Balaban J connectivity index is 1.36. The Labute approximate surface area is 173 Å². The maximum Gasteiger partial charge on any atom is 0.226 e. The van der Waals surface area contributed by atoms with Crippen LogP contribution in [0.1, 0.15) is 23.2 Å². The van der Waals surface area contributed by atoms with Gasteiger partial charge in [0.1, 0.15) is 4.34 Å². The predicted molar refractivity (Wildman–Crippen MR) is 115 cm³/mol. The first-order valence-electron chi connectivity index (χ1n) is 8.81. The van der Waals surface area contributed by atoms with Crippen molar-refractivity contribution in [2.75, 3.05) is 6.54 Å². The number of thioether (sulfide) groups is 1. The van der Waals surface area contributed by atoms with Crippen LogP contribution in [0.3, 0.4) is 0 Å². The predicted octanol–water partition coefficient (Wildman–Crippen LogP) is 5.38. The van der Waals surface area contributed by atoms with E-state index in [0.717, 1.165) is 33.7 Å². The molecule has 0 aliphatic carbocycles. The van der Waals surface area contributed by atoms with Gasteiger partial charge in [0.2, 0.25) is 5.91 Å². The van der Waals surface area contributed by atoms with E-state index in [1.165, 1.54) is 11.1 Å². The third-order valence-corrected chi connectivity index (χ3v) is 6.35. The zero-order chi connectivity index (χ0) is 18.9. The van der Waals surface area contributed by atoms with E-state index in [2.05, 4.69) is 22.4 Å². The summed E-state index contributed by atoms with van der Waals surface area (Å²) >= 11 is 9.17. The highest BCUT2D eigenvalue weighted by Gasteiger charge is 2.08. The van der Waals surface area contributed by atoms with E-state index in [9.17, 15) is 4.79 Å². The molecule has 0 bridgehead atoms. The van der Waals surface area contributed by atoms with Gasteiger partial charge in [-0.1, -0.05) is 65.8 Å². The highest BCUT2D eigenvalue weighted by molar-refractivity contribution is 8.00. The minimum atomic E-state index is 0.0302. The Morgan fingerprint density at radius 3 is 2.63 bits per heavy atom. The summed E-state index contributed by atoms with van der Waals surface area (Å²) in [5.74, 6) is 0.873. The van der Waals surface area contributed by atoms with Crippen molar-refractivity contribution in [3.05, 3.63) is 81.8 Å². The monoisotopic (exact) mass is 416 g/mol. The van der Waals surface area contributed by atoms with Gasteiger partial charge in [0.15, 0.2) is 0 Å². The van der Waals surface area contributed by atoms with Crippen LogP contribution >= 0.6 is 34.7 Å². The normalized spacial score (nSPS) is 10.7. The molecule has 140 valence electrons. The van der Waals surface area contributed by atoms with Crippen molar-refractivity contribution in [2.24, 2.45) is 0 Å². The fraction of sp³-hybridized carbons (Fsp3) is 0.238. The second kappa shape index (κ2) is 10.5. The van der Waals surface area contributed by atoms with E-state index in [1.54, 1.807) is 23.1 Å². The van der Waals surface area contributed by atoms with E-state index in [0.29, 0.717) is 13.0 Å². The van der Waals surface area contributed by atoms with Crippen molar-refractivity contribution in [1.82, 2.24) is 10.3 Å². The van der Waals surface area contributed by atoms with E-state index in [4.69, 9.17) is 11.6 Å². The molecule has 1 heterocycles. The topological polar surface area (TPSA) is 42.0 Å². The molecule has 0 aliphatic rings. The molecule has 1 amide bonds. The number of nitrogens with zero attached hydrogens (tertiary/aromatic N) is 1. The Morgan fingerprint density at radius 2 is 1.85 bits per heavy atom. The highest BCUT2D eigenvalue weighted by atomic mass is 35.5. The summed E-state index contributed by atoms with van der Waals surface area (Å²) in [5.41, 5.74) is 3.34. The minimum absolute atomic E-state index is 0.0302. The number of nitrogens with one attached hydrogen (secondary N) is 1. The molecular weight excluding hydrogens is 396 g/mol. The molecule has 1 aromatic heterocycles. The van der Waals surface area contributed by atoms with Crippen LogP contribution in [0.2, 0.25) is 5.02 Å². The average Bonchev–Trinajstić information content (AvgIpc) is 3.13. The summed E-state index contributed by atoms with van der Waals surface area (Å²) in [6.07, 6.45) is 2.25. The van der Waals surface area contributed by atoms with Crippen LogP contribution < -0.4 is 5.32 Å². The molecule has 0 unspecified atom stereocenters. The number of benzene rings is 2. The van der Waals surface area contributed by atoms with Gasteiger partial charge in [0, 0.05) is 22.7 Å². The number of aryl methyl sites for hydroxylation is 1. The molecular formula is C21H21ClN2OS2. The molecule has 3 aromatic rings. The van der Waals surface area contributed by atoms with Gasteiger partial charge in [-0.15, -0.1) is 11.3 Å². The molecule has 6 heteroatoms. The number of rotatable bonds is 9. The zero-order valence-electron chi connectivity index (χ0n) is 14.9. The van der Waals surface area contributed by atoms with E-state index in [-0.39, 0.29) is 5.91 Å². The van der Waals surface area contributed by atoms with Gasteiger partial charge in [-0.3, -0.25) is 4.79 Å². The van der Waals surface area contributed by atoms with Crippen molar-refractivity contribution in [2.45, 2.75) is 29.4 Å². The van der Waals surface area contributed by atoms with Gasteiger partial charge in [-0.05, 0) is 36.1 Å². The first-order valence-corrected chi connectivity index (χ1v) is 11.1. The molecule has 0 atom stereocenters. The van der Waals surface area contributed by atoms with Crippen LogP contribution in [0, 0.1) is 0 Å². The summed E-state index contributed by atoms with van der Waals surface area (Å²) < 4.78 is 0.983. The van der Waals surface area contributed by atoms with E-state index >= 15 is 0 Å². The number of hydrogen-bond donors (Lipinski definition) is 1. The van der Waals surface area contributed by atoms with Gasteiger partial charge in [-0.25, -0.2) is 4.98 Å². The second-order valence-corrected chi connectivity index (χ2v) is 8.65. The molecule has 1 N–H and O–H groups in total. The summed E-state index contributed by atoms with van der Waals surface area (Å²) in [7, 11) is 0. The molecule has 0 fully saturated rings. The van der Waals surface area contributed by atoms with Crippen LogP contribution in [0.15, 0.2) is 64.3 Å². The molecule has 0 aliphatic heterocycles. The molecule has 3 rings (SSSR count). The molecule has 2 aromatic carbocycles. The van der Waals surface area contributed by atoms with Gasteiger partial charge >= 0.3 is 0 Å². The van der Waals surface area contributed by atoms with Crippen LogP contribution in [-0.2, 0) is 23.4 Å². The fourth-order valence-corrected chi connectivity index (χ4v) is 4.48. The fourth-order valence-electron chi connectivity index (χ4n) is 2.55. The SMILES string of the molecule is O=C(Cc1csc(SCc2ccc(Cl)cc2)n1)NCCCc1ccccc1. The number of thiazole rings is 1. The maximum atomic E-state index is 12.1. The first kappa shape index (κ1) is 19.9. The number of amides is 1. The van der Waals surface area contributed by atoms with Gasteiger partial charge < -0.3 is 5.32 Å². The Kier molecular flexibility index (Phi) is 7.75. The smallest absolute Gasteiger partial charge is 0.226 e. The molecule has 3 nitrogen and oxygen atoms in total. The van der Waals surface area contributed by atoms with Crippen LogP contribution in [0.25, 0.3) is 0 Å². The van der Waals surface area contributed by atoms with Crippen LogP contribution in [-0.4, -0.2) is 17.4 Å².